The van der Waals surface area contributed by atoms with E-state index >= 15 is 0 Å². The van der Waals surface area contributed by atoms with E-state index in [1.807, 2.05) is 0 Å². The molecule has 46 heavy (non-hydrogen) atoms. The van der Waals surface area contributed by atoms with Crippen molar-refractivity contribution in [3.63, 3.8) is 0 Å². The number of nitrogens with zero attached hydrogens (tertiary/aromatic N) is 2. The molecule has 4 rings (SSSR count). The number of rotatable bonds is 11. The SMILES string of the molecule is CCC(=O)CNC(=O)CC(NC(=O)C1CC(Cn2ccn(C)c2=N)CC(C2CCC(F)CC2C(F)(F)F)C1)C1CCC(Cl)C(Cl)C1. The Hall–Kier alpha value is -2.08. The van der Waals surface area contributed by atoms with Crippen LogP contribution in [0.3, 0.4) is 0 Å². The summed E-state index contributed by atoms with van der Waals surface area (Å²) in [5.74, 6) is -4.80. The van der Waals surface area contributed by atoms with Gasteiger partial charge in [0.25, 0.3) is 0 Å². The van der Waals surface area contributed by atoms with Crippen LogP contribution in [0, 0.1) is 40.9 Å². The van der Waals surface area contributed by atoms with E-state index in [0.717, 1.165) is 0 Å². The summed E-state index contributed by atoms with van der Waals surface area (Å²) in [6, 6.07) is -0.596. The highest BCUT2D eigenvalue weighted by atomic mass is 35.5. The van der Waals surface area contributed by atoms with Gasteiger partial charge in [0.1, 0.15) is 6.17 Å². The second kappa shape index (κ2) is 15.9. The lowest BCUT2D eigenvalue weighted by molar-refractivity contribution is -0.209. The highest BCUT2D eigenvalue weighted by Crippen LogP contribution is 2.50. The minimum absolute atomic E-state index is 0.0672. The van der Waals surface area contributed by atoms with Crippen molar-refractivity contribution in [2.75, 3.05) is 6.54 Å². The first-order valence-electron chi connectivity index (χ1n) is 16.5. The molecule has 14 heteroatoms. The van der Waals surface area contributed by atoms with Crippen molar-refractivity contribution in [1.82, 2.24) is 19.8 Å². The van der Waals surface area contributed by atoms with Crippen molar-refractivity contribution in [2.45, 2.75) is 113 Å². The average Bonchev–Trinajstić information content (AvgIpc) is 3.32. The van der Waals surface area contributed by atoms with Crippen molar-refractivity contribution >= 4 is 40.8 Å². The lowest BCUT2D eigenvalue weighted by atomic mass is 9.63. The molecule has 1 aromatic rings. The van der Waals surface area contributed by atoms with Crippen LogP contribution >= 0.6 is 23.2 Å². The van der Waals surface area contributed by atoms with E-state index < -0.39 is 48.5 Å². The highest BCUT2D eigenvalue weighted by Gasteiger charge is 2.51. The van der Waals surface area contributed by atoms with Gasteiger partial charge < -0.3 is 19.8 Å². The van der Waals surface area contributed by atoms with Crippen LogP contribution in [0.4, 0.5) is 17.6 Å². The number of Topliss-reactive ketones (excluding diaryl/α,β-unsaturated/α-hetero) is 1. The van der Waals surface area contributed by atoms with Crippen molar-refractivity contribution < 1.29 is 31.9 Å². The molecule has 0 radical (unpaired) electrons. The standard InChI is InChI=1S/C32H47Cl2F4N5O3/c1-3-23(44)16-40-29(45)15-28(19-4-7-26(33)27(34)13-19)41-30(46)21-11-18(17-43-9-8-42(2)31(43)39)10-20(12-21)24-6-5-22(35)14-25(24)32(36,37)38/h8-9,18-22,24-28,39H,3-7,10-17H2,1-2H3,(H,40,45)(H,41,46). The average molecular weight is 697 g/mol. The molecule has 2 amide bonds. The van der Waals surface area contributed by atoms with Crippen LogP contribution < -0.4 is 16.3 Å². The minimum atomic E-state index is -4.54. The molecule has 260 valence electrons. The first-order chi connectivity index (χ1) is 21.7. The topological polar surface area (TPSA) is 109 Å². The Bertz CT molecular complexity index is 1270. The first-order valence-corrected chi connectivity index (χ1v) is 17.4. The van der Waals surface area contributed by atoms with Crippen molar-refractivity contribution in [3.05, 3.63) is 18.0 Å². The predicted octanol–water partition coefficient (Wildman–Crippen LogP) is 5.64. The van der Waals surface area contributed by atoms with Crippen LogP contribution in [0.25, 0.3) is 0 Å². The molecular weight excluding hydrogens is 649 g/mol. The Morgan fingerprint density at radius 2 is 1.76 bits per heavy atom. The zero-order valence-electron chi connectivity index (χ0n) is 26.5. The van der Waals surface area contributed by atoms with Gasteiger partial charge in [0.05, 0.1) is 17.8 Å². The van der Waals surface area contributed by atoms with Crippen molar-refractivity contribution in [1.29, 1.82) is 5.41 Å². The van der Waals surface area contributed by atoms with Crippen LogP contribution in [0.5, 0.6) is 0 Å². The number of amides is 2. The summed E-state index contributed by atoms with van der Waals surface area (Å²) >= 11 is 12.9. The van der Waals surface area contributed by atoms with E-state index in [0.29, 0.717) is 38.6 Å². The lowest BCUT2D eigenvalue weighted by Gasteiger charge is -2.44. The molecule has 3 fully saturated rings. The van der Waals surface area contributed by atoms with Gasteiger partial charge in [-0.15, -0.1) is 23.2 Å². The molecule has 3 aliphatic carbocycles. The number of alkyl halides is 6. The van der Waals surface area contributed by atoms with E-state index in [-0.39, 0.29) is 84.5 Å². The molecule has 3 aliphatic rings. The smallest absolute Gasteiger partial charge is 0.352 e. The van der Waals surface area contributed by atoms with E-state index in [4.69, 9.17) is 28.6 Å². The summed E-state index contributed by atoms with van der Waals surface area (Å²) < 4.78 is 60.3. The Morgan fingerprint density at radius 1 is 1.02 bits per heavy atom. The van der Waals surface area contributed by atoms with Gasteiger partial charge in [0.15, 0.2) is 5.78 Å². The van der Waals surface area contributed by atoms with E-state index in [1.165, 1.54) is 0 Å². The van der Waals surface area contributed by atoms with Gasteiger partial charge in [-0.25, -0.2) is 4.39 Å². The zero-order chi connectivity index (χ0) is 33.8. The Morgan fingerprint density at radius 3 is 2.39 bits per heavy atom. The fourth-order valence-electron chi connectivity index (χ4n) is 7.93. The molecule has 0 spiro atoms. The Balaban J connectivity index is 1.56. The van der Waals surface area contributed by atoms with Crippen LogP contribution in [-0.2, 0) is 28.0 Å². The van der Waals surface area contributed by atoms with E-state index in [2.05, 4.69) is 10.6 Å². The summed E-state index contributed by atoms with van der Waals surface area (Å²) in [6.45, 7) is 1.97. The molecule has 0 aromatic carbocycles. The Labute approximate surface area is 277 Å². The molecule has 3 N–H and O–H groups in total. The zero-order valence-corrected chi connectivity index (χ0v) is 28.0. The van der Waals surface area contributed by atoms with Crippen LogP contribution in [0.2, 0.25) is 0 Å². The largest absolute Gasteiger partial charge is 0.392 e. The maximum atomic E-state index is 14.3. The van der Waals surface area contributed by atoms with Gasteiger partial charge in [0.2, 0.25) is 17.4 Å². The van der Waals surface area contributed by atoms with Crippen molar-refractivity contribution in [3.8, 4) is 0 Å². The van der Waals surface area contributed by atoms with Crippen LogP contribution in [-0.4, -0.2) is 62.4 Å². The lowest BCUT2D eigenvalue weighted by Crippen LogP contribution is -2.50. The van der Waals surface area contributed by atoms with Gasteiger partial charge in [-0.05, 0) is 81.5 Å². The highest BCUT2D eigenvalue weighted by molar-refractivity contribution is 6.30. The quantitative estimate of drug-likeness (QED) is 0.206. The maximum Gasteiger partial charge on any atom is 0.392 e. The molecule has 0 aliphatic heterocycles. The number of nitrogens with one attached hydrogen (secondary N) is 3. The van der Waals surface area contributed by atoms with Gasteiger partial charge >= 0.3 is 6.18 Å². The summed E-state index contributed by atoms with van der Waals surface area (Å²) in [7, 11) is 1.74. The summed E-state index contributed by atoms with van der Waals surface area (Å²) in [4.78, 5) is 38.7. The number of ketones is 1. The second-order valence-corrected chi connectivity index (χ2v) is 14.9. The first kappa shape index (κ1) is 36.8. The molecule has 0 saturated heterocycles. The van der Waals surface area contributed by atoms with E-state index in [9.17, 15) is 31.9 Å². The van der Waals surface area contributed by atoms with Crippen molar-refractivity contribution in [2.24, 2.45) is 42.6 Å². The van der Waals surface area contributed by atoms with Crippen LogP contribution in [0.15, 0.2) is 12.4 Å². The molecule has 1 heterocycles. The molecule has 10 unspecified atom stereocenters. The minimum Gasteiger partial charge on any atom is -0.352 e. The molecule has 8 nitrogen and oxygen atoms in total. The number of halogens is 6. The monoisotopic (exact) mass is 695 g/mol. The maximum absolute atomic E-state index is 14.3. The van der Waals surface area contributed by atoms with Gasteiger partial charge in [-0.3, -0.25) is 19.8 Å². The number of imidazole rings is 1. The molecule has 10 atom stereocenters. The number of carbonyl (C=O) groups excluding carboxylic acids is 3. The predicted molar refractivity (Wildman–Crippen MR) is 167 cm³/mol. The number of carbonyl (C=O) groups is 3. The van der Waals surface area contributed by atoms with Gasteiger partial charge in [0, 0.05) is 56.2 Å². The second-order valence-electron chi connectivity index (χ2n) is 13.7. The third-order valence-electron chi connectivity index (χ3n) is 10.5. The van der Waals surface area contributed by atoms with Crippen LogP contribution in [0.1, 0.15) is 77.6 Å². The van der Waals surface area contributed by atoms with Gasteiger partial charge in [-0.1, -0.05) is 6.92 Å². The molecule has 1 aromatic heterocycles. The third kappa shape index (κ3) is 9.51. The molecule has 0 bridgehead atoms. The normalized spacial score (nSPS) is 32.8. The molecule has 3 saturated carbocycles. The number of aryl methyl sites for hydroxylation is 1. The van der Waals surface area contributed by atoms with E-state index in [1.54, 1.807) is 35.5 Å². The van der Waals surface area contributed by atoms with Gasteiger partial charge in [-0.2, -0.15) is 13.2 Å². The number of aromatic nitrogens is 2. The number of hydrogen-bond acceptors (Lipinski definition) is 4. The Kier molecular flexibility index (Phi) is 12.7. The fourth-order valence-corrected chi connectivity index (χ4v) is 8.52. The number of hydrogen-bond donors (Lipinski definition) is 3. The summed E-state index contributed by atoms with van der Waals surface area (Å²) in [6.07, 6.45) is 0.0977. The summed E-state index contributed by atoms with van der Waals surface area (Å²) in [5, 5.41) is 13.5. The molecular formula is C32H47Cl2F4N5O3. The fraction of sp³-hybridized carbons (Fsp3) is 0.812. The summed E-state index contributed by atoms with van der Waals surface area (Å²) in [5.41, 5.74) is 0.243. The third-order valence-corrected chi connectivity index (χ3v) is 11.7.